The molecule has 0 saturated heterocycles. The molecular weight excluding hydrogens is 312 g/mol. The van der Waals surface area contributed by atoms with Crippen LogP contribution in [0.5, 0.6) is 0 Å². The maximum atomic E-state index is 11.8. The van der Waals surface area contributed by atoms with E-state index in [4.69, 9.17) is 5.10 Å². The van der Waals surface area contributed by atoms with Crippen molar-refractivity contribution in [3.63, 3.8) is 0 Å². The first kappa shape index (κ1) is 17.1. The molecule has 1 aromatic carbocycles. The van der Waals surface area contributed by atoms with E-state index >= 15 is 0 Å². The van der Waals surface area contributed by atoms with Gasteiger partial charge < -0.3 is 4.90 Å². The first-order chi connectivity index (χ1) is 12.1. The van der Waals surface area contributed by atoms with Crippen molar-refractivity contribution in [3.8, 4) is 11.3 Å². The molecular formula is C20H24N4O. The van der Waals surface area contributed by atoms with Gasteiger partial charge in [-0.05, 0) is 11.5 Å². The number of hydrogen-bond donors (Lipinski definition) is 0. The second-order valence-electron chi connectivity index (χ2n) is 5.99. The normalized spacial score (nSPS) is 13.2. The summed E-state index contributed by atoms with van der Waals surface area (Å²) in [6.07, 6.45) is 4.54. The molecule has 4 rings (SSSR count). The minimum Gasteiger partial charge on any atom is -0.338 e. The summed E-state index contributed by atoms with van der Waals surface area (Å²) in [5, 5.41) is 7.00. The van der Waals surface area contributed by atoms with Gasteiger partial charge in [-0.1, -0.05) is 32.0 Å². The highest BCUT2D eigenvalue weighted by molar-refractivity contribution is 5.96. The summed E-state index contributed by atoms with van der Waals surface area (Å²) in [6.45, 7) is 7.02. The minimum atomic E-state index is 0.116. The number of rotatable bonds is 1. The molecule has 0 unspecified atom stereocenters. The Hall–Kier alpha value is -2.69. The Balaban J connectivity index is 0.000000880. The molecule has 0 radical (unpaired) electrons. The number of amides is 1. The molecule has 3 aromatic rings. The summed E-state index contributed by atoms with van der Waals surface area (Å²) in [7, 11) is 1.98. The number of benzene rings is 1. The third-order valence-corrected chi connectivity index (χ3v) is 4.63. The minimum absolute atomic E-state index is 0.116. The lowest BCUT2D eigenvalue weighted by molar-refractivity contribution is -0.129. The molecule has 0 N–H and O–H groups in total. The Bertz CT molecular complexity index is 908. The SMILES string of the molecule is CC.CC(=O)N1CCc2c(c(-c3cccc4ccncc34)nn2C)C1. The Morgan fingerprint density at radius 1 is 1.20 bits per heavy atom. The molecule has 0 fully saturated rings. The van der Waals surface area contributed by atoms with Gasteiger partial charge in [0.25, 0.3) is 0 Å². The number of hydrogen-bond acceptors (Lipinski definition) is 3. The number of aryl methyl sites for hydroxylation is 1. The van der Waals surface area contributed by atoms with Gasteiger partial charge in [0.2, 0.25) is 5.91 Å². The fourth-order valence-electron chi connectivity index (χ4n) is 3.40. The number of fused-ring (bicyclic) bond motifs is 2. The summed E-state index contributed by atoms with van der Waals surface area (Å²) in [5.41, 5.74) is 4.42. The van der Waals surface area contributed by atoms with Crippen LogP contribution in [-0.2, 0) is 24.8 Å². The lowest BCUT2D eigenvalue weighted by Crippen LogP contribution is -2.34. The maximum absolute atomic E-state index is 11.8. The quantitative estimate of drug-likeness (QED) is 0.683. The fraction of sp³-hybridized carbons (Fsp3) is 0.350. The highest BCUT2D eigenvalue weighted by atomic mass is 16.2. The number of carbonyl (C=O) groups excluding carboxylic acids is 1. The van der Waals surface area contributed by atoms with Crippen molar-refractivity contribution >= 4 is 16.7 Å². The molecule has 0 atom stereocenters. The second-order valence-corrected chi connectivity index (χ2v) is 5.99. The predicted octanol–water partition coefficient (Wildman–Crippen LogP) is 3.57. The van der Waals surface area contributed by atoms with Crippen molar-refractivity contribution in [2.45, 2.75) is 33.7 Å². The van der Waals surface area contributed by atoms with Crippen molar-refractivity contribution in [3.05, 3.63) is 47.9 Å². The highest BCUT2D eigenvalue weighted by Crippen LogP contribution is 2.33. The number of pyridine rings is 1. The van der Waals surface area contributed by atoms with E-state index < -0.39 is 0 Å². The summed E-state index contributed by atoms with van der Waals surface area (Å²) in [4.78, 5) is 17.9. The molecule has 1 amide bonds. The predicted molar refractivity (Wildman–Crippen MR) is 100 cm³/mol. The Morgan fingerprint density at radius 3 is 2.76 bits per heavy atom. The van der Waals surface area contributed by atoms with Crippen LogP contribution in [0.3, 0.4) is 0 Å². The van der Waals surface area contributed by atoms with Crippen LogP contribution in [0, 0.1) is 0 Å². The van der Waals surface area contributed by atoms with Crippen LogP contribution in [-0.4, -0.2) is 32.1 Å². The van der Waals surface area contributed by atoms with E-state index in [1.165, 1.54) is 5.69 Å². The van der Waals surface area contributed by atoms with Gasteiger partial charge in [-0.2, -0.15) is 5.10 Å². The van der Waals surface area contributed by atoms with Crippen LogP contribution in [0.25, 0.3) is 22.0 Å². The molecule has 130 valence electrons. The molecule has 1 aliphatic heterocycles. The maximum Gasteiger partial charge on any atom is 0.219 e. The summed E-state index contributed by atoms with van der Waals surface area (Å²) < 4.78 is 1.96. The Morgan fingerprint density at radius 2 is 2.00 bits per heavy atom. The zero-order valence-corrected chi connectivity index (χ0v) is 15.3. The van der Waals surface area contributed by atoms with E-state index in [-0.39, 0.29) is 5.91 Å². The lowest BCUT2D eigenvalue weighted by Gasteiger charge is -2.26. The van der Waals surface area contributed by atoms with E-state index in [1.54, 1.807) is 13.1 Å². The van der Waals surface area contributed by atoms with Crippen LogP contribution in [0.4, 0.5) is 0 Å². The van der Waals surface area contributed by atoms with E-state index in [2.05, 4.69) is 17.1 Å². The van der Waals surface area contributed by atoms with Gasteiger partial charge in [-0.25, -0.2) is 0 Å². The molecule has 0 spiro atoms. The molecule has 3 heterocycles. The Labute approximate surface area is 148 Å². The standard InChI is InChI=1S/C18H18N4O.C2H6/c1-12(23)22-9-7-17-16(11-22)18(20-21(17)2)14-5-3-4-13-6-8-19-10-15(13)14;1-2/h3-6,8,10H,7,9,11H2,1-2H3;1-2H3. The average molecular weight is 336 g/mol. The number of aromatic nitrogens is 3. The smallest absolute Gasteiger partial charge is 0.219 e. The van der Waals surface area contributed by atoms with Crippen LogP contribution >= 0.6 is 0 Å². The second kappa shape index (κ2) is 7.05. The number of nitrogens with zero attached hydrogens (tertiary/aromatic N) is 4. The fourth-order valence-corrected chi connectivity index (χ4v) is 3.40. The third-order valence-electron chi connectivity index (χ3n) is 4.63. The average Bonchev–Trinajstić information content (AvgIpc) is 2.99. The van der Waals surface area contributed by atoms with Crippen LogP contribution in [0.15, 0.2) is 36.7 Å². The Kier molecular flexibility index (Phi) is 4.83. The van der Waals surface area contributed by atoms with Gasteiger partial charge in [0.1, 0.15) is 0 Å². The molecule has 5 nitrogen and oxygen atoms in total. The van der Waals surface area contributed by atoms with Crippen molar-refractivity contribution in [1.29, 1.82) is 0 Å². The van der Waals surface area contributed by atoms with Crippen LogP contribution in [0.2, 0.25) is 0 Å². The van der Waals surface area contributed by atoms with E-state index in [0.29, 0.717) is 6.54 Å². The summed E-state index contributed by atoms with van der Waals surface area (Å²) >= 11 is 0. The van der Waals surface area contributed by atoms with Gasteiger partial charge in [0, 0.05) is 68.1 Å². The zero-order chi connectivity index (χ0) is 18.0. The largest absolute Gasteiger partial charge is 0.338 e. The van der Waals surface area contributed by atoms with Crippen molar-refractivity contribution in [2.24, 2.45) is 7.05 Å². The lowest BCUT2D eigenvalue weighted by atomic mass is 9.97. The molecule has 5 heteroatoms. The third kappa shape index (κ3) is 3.02. The van der Waals surface area contributed by atoms with Crippen LogP contribution in [0.1, 0.15) is 32.0 Å². The van der Waals surface area contributed by atoms with Crippen molar-refractivity contribution in [1.82, 2.24) is 19.7 Å². The number of carbonyl (C=O) groups is 1. The van der Waals surface area contributed by atoms with E-state index in [1.807, 2.05) is 48.8 Å². The molecule has 2 aromatic heterocycles. The van der Waals surface area contributed by atoms with Crippen LogP contribution < -0.4 is 0 Å². The summed E-state index contributed by atoms with van der Waals surface area (Å²) in [6, 6.07) is 8.22. The first-order valence-electron chi connectivity index (χ1n) is 8.78. The van der Waals surface area contributed by atoms with Crippen molar-refractivity contribution < 1.29 is 4.79 Å². The summed E-state index contributed by atoms with van der Waals surface area (Å²) in [5.74, 6) is 0.116. The van der Waals surface area contributed by atoms with Gasteiger partial charge in [0.05, 0.1) is 5.69 Å². The van der Waals surface area contributed by atoms with Gasteiger partial charge in [-0.3, -0.25) is 14.5 Å². The molecule has 25 heavy (non-hydrogen) atoms. The van der Waals surface area contributed by atoms with E-state index in [0.717, 1.165) is 40.6 Å². The monoisotopic (exact) mass is 336 g/mol. The zero-order valence-electron chi connectivity index (χ0n) is 15.3. The van der Waals surface area contributed by atoms with E-state index in [9.17, 15) is 4.79 Å². The first-order valence-corrected chi connectivity index (χ1v) is 8.78. The molecule has 0 saturated carbocycles. The topological polar surface area (TPSA) is 51.0 Å². The van der Waals surface area contributed by atoms with Gasteiger partial charge >= 0.3 is 0 Å². The van der Waals surface area contributed by atoms with Gasteiger partial charge in [-0.15, -0.1) is 0 Å². The molecule has 0 aliphatic carbocycles. The van der Waals surface area contributed by atoms with Gasteiger partial charge in [0.15, 0.2) is 0 Å². The molecule has 0 bridgehead atoms. The molecule has 1 aliphatic rings. The van der Waals surface area contributed by atoms with Crippen molar-refractivity contribution in [2.75, 3.05) is 6.54 Å². The highest BCUT2D eigenvalue weighted by Gasteiger charge is 2.26.